The molecule has 26 heavy (non-hydrogen) atoms. The Morgan fingerprint density at radius 2 is 1.96 bits per heavy atom. The van der Waals surface area contributed by atoms with Crippen LogP contribution in [0.15, 0.2) is 41.5 Å². The molecule has 0 spiro atoms. The second-order valence-corrected chi connectivity index (χ2v) is 7.51. The lowest BCUT2D eigenvalue weighted by molar-refractivity contribution is 0.446. The molecule has 1 saturated heterocycles. The molecule has 5 nitrogen and oxygen atoms in total. The van der Waals surface area contributed by atoms with E-state index in [2.05, 4.69) is 34.0 Å². The number of piperidine rings is 1. The van der Waals surface area contributed by atoms with Crippen LogP contribution >= 0.6 is 0 Å². The first-order valence-electron chi connectivity index (χ1n) is 9.44. The molecule has 0 radical (unpaired) electrons. The molecule has 4 heterocycles. The number of hydrogen-bond donors (Lipinski definition) is 1. The van der Waals surface area contributed by atoms with Gasteiger partial charge in [-0.3, -0.25) is 4.79 Å². The molecule has 3 aromatic heterocycles. The standard InChI is InChI=1S/C21H26N4O/c1-14(2)25-13-16(4-5-20(25)26)17-8-11-23-21-18(17)12-19(24(21)3)15-6-9-22-10-7-15/h4-5,8,11-15,22H,6-7,9-10H2,1-3H3. The van der Waals surface area contributed by atoms with E-state index in [1.807, 2.05) is 32.3 Å². The molecular formula is C21H26N4O. The van der Waals surface area contributed by atoms with E-state index in [-0.39, 0.29) is 11.6 Å². The van der Waals surface area contributed by atoms with Gasteiger partial charge in [-0.05, 0) is 69.1 Å². The van der Waals surface area contributed by atoms with Gasteiger partial charge in [-0.1, -0.05) is 0 Å². The fourth-order valence-electron chi connectivity index (χ4n) is 4.07. The summed E-state index contributed by atoms with van der Waals surface area (Å²) in [6.07, 6.45) is 6.17. The summed E-state index contributed by atoms with van der Waals surface area (Å²) in [7, 11) is 2.12. The average molecular weight is 350 g/mol. The van der Waals surface area contributed by atoms with E-state index in [0.29, 0.717) is 5.92 Å². The maximum absolute atomic E-state index is 12.1. The average Bonchev–Trinajstić information content (AvgIpc) is 3.00. The van der Waals surface area contributed by atoms with Crippen LogP contribution in [0, 0.1) is 0 Å². The lowest BCUT2D eigenvalue weighted by atomic mass is 9.94. The molecule has 0 bridgehead atoms. The van der Waals surface area contributed by atoms with Crippen molar-refractivity contribution in [3.63, 3.8) is 0 Å². The SMILES string of the molecule is CC(C)n1cc(-c2ccnc3c2cc(C2CCNCC2)n3C)ccc1=O. The number of pyridine rings is 2. The molecule has 0 saturated carbocycles. The minimum atomic E-state index is 0.0394. The first-order chi connectivity index (χ1) is 12.6. The molecule has 0 aliphatic carbocycles. The maximum Gasteiger partial charge on any atom is 0.250 e. The molecule has 0 aromatic carbocycles. The molecule has 1 aliphatic heterocycles. The Morgan fingerprint density at radius 3 is 2.69 bits per heavy atom. The molecule has 0 atom stereocenters. The maximum atomic E-state index is 12.1. The highest BCUT2D eigenvalue weighted by molar-refractivity contribution is 5.93. The van der Waals surface area contributed by atoms with Crippen molar-refractivity contribution in [1.29, 1.82) is 0 Å². The number of nitrogens with zero attached hydrogens (tertiary/aromatic N) is 3. The van der Waals surface area contributed by atoms with E-state index in [9.17, 15) is 4.79 Å². The van der Waals surface area contributed by atoms with Gasteiger partial charge in [-0.2, -0.15) is 0 Å². The first-order valence-corrected chi connectivity index (χ1v) is 9.44. The fourth-order valence-corrected chi connectivity index (χ4v) is 4.07. The normalized spacial score (nSPS) is 15.8. The number of fused-ring (bicyclic) bond motifs is 1. The summed E-state index contributed by atoms with van der Waals surface area (Å²) in [4.78, 5) is 16.7. The molecule has 4 rings (SSSR count). The number of hydrogen-bond acceptors (Lipinski definition) is 3. The van der Waals surface area contributed by atoms with Gasteiger partial charge in [-0.15, -0.1) is 0 Å². The van der Waals surface area contributed by atoms with Gasteiger partial charge in [-0.25, -0.2) is 4.98 Å². The highest BCUT2D eigenvalue weighted by Gasteiger charge is 2.21. The van der Waals surface area contributed by atoms with Gasteiger partial charge in [0.25, 0.3) is 5.56 Å². The Bertz CT molecular complexity index is 993. The second kappa shape index (κ2) is 6.72. The van der Waals surface area contributed by atoms with Crippen LogP contribution in [-0.2, 0) is 7.05 Å². The summed E-state index contributed by atoms with van der Waals surface area (Å²) in [5.41, 5.74) is 4.61. The largest absolute Gasteiger partial charge is 0.332 e. The molecule has 0 amide bonds. The van der Waals surface area contributed by atoms with Crippen LogP contribution in [0.3, 0.4) is 0 Å². The minimum absolute atomic E-state index is 0.0394. The highest BCUT2D eigenvalue weighted by Crippen LogP contribution is 2.34. The number of rotatable bonds is 3. The Balaban J connectivity index is 1.86. The van der Waals surface area contributed by atoms with Gasteiger partial charge < -0.3 is 14.5 Å². The van der Waals surface area contributed by atoms with Crippen LogP contribution in [0.4, 0.5) is 0 Å². The molecule has 1 N–H and O–H groups in total. The zero-order valence-electron chi connectivity index (χ0n) is 15.7. The Morgan fingerprint density at radius 1 is 1.19 bits per heavy atom. The van der Waals surface area contributed by atoms with E-state index in [1.165, 1.54) is 5.69 Å². The van der Waals surface area contributed by atoms with Crippen molar-refractivity contribution in [2.24, 2.45) is 7.05 Å². The van der Waals surface area contributed by atoms with Gasteiger partial charge in [0.15, 0.2) is 0 Å². The third-order valence-electron chi connectivity index (χ3n) is 5.53. The quantitative estimate of drug-likeness (QED) is 0.787. The van der Waals surface area contributed by atoms with Crippen LogP contribution in [0.1, 0.15) is 44.3 Å². The third-order valence-corrected chi connectivity index (χ3v) is 5.53. The van der Waals surface area contributed by atoms with Crippen LogP contribution in [-0.4, -0.2) is 27.2 Å². The van der Waals surface area contributed by atoms with Gasteiger partial charge in [0, 0.05) is 48.5 Å². The van der Waals surface area contributed by atoms with Gasteiger partial charge in [0.1, 0.15) is 5.65 Å². The fraction of sp³-hybridized carbons (Fsp3) is 0.429. The van der Waals surface area contributed by atoms with E-state index in [0.717, 1.165) is 48.1 Å². The van der Waals surface area contributed by atoms with Crippen molar-refractivity contribution in [3.05, 3.63) is 52.7 Å². The Hall–Kier alpha value is -2.40. The van der Waals surface area contributed by atoms with E-state index >= 15 is 0 Å². The van der Waals surface area contributed by atoms with Crippen molar-refractivity contribution < 1.29 is 0 Å². The van der Waals surface area contributed by atoms with Crippen LogP contribution < -0.4 is 10.9 Å². The first kappa shape index (κ1) is 17.0. The van der Waals surface area contributed by atoms with Crippen molar-refractivity contribution in [2.75, 3.05) is 13.1 Å². The topological polar surface area (TPSA) is 51.9 Å². The lowest BCUT2D eigenvalue weighted by Crippen LogP contribution is -2.27. The summed E-state index contributed by atoms with van der Waals surface area (Å²) in [6.45, 7) is 6.22. The smallest absolute Gasteiger partial charge is 0.250 e. The molecule has 0 unspecified atom stereocenters. The number of aryl methyl sites for hydroxylation is 1. The van der Waals surface area contributed by atoms with E-state index in [4.69, 9.17) is 0 Å². The van der Waals surface area contributed by atoms with Crippen LogP contribution in [0.2, 0.25) is 0 Å². The molecular weight excluding hydrogens is 324 g/mol. The van der Waals surface area contributed by atoms with Crippen LogP contribution in [0.25, 0.3) is 22.2 Å². The van der Waals surface area contributed by atoms with E-state index < -0.39 is 0 Å². The van der Waals surface area contributed by atoms with Crippen molar-refractivity contribution in [2.45, 2.75) is 38.6 Å². The zero-order chi connectivity index (χ0) is 18.3. The predicted octanol–water partition coefficient (Wildman–Crippen LogP) is 3.45. The molecule has 3 aromatic rings. The number of aromatic nitrogens is 3. The molecule has 1 aliphatic rings. The van der Waals surface area contributed by atoms with Crippen molar-refractivity contribution in [1.82, 2.24) is 19.4 Å². The summed E-state index contributed by atoms with van der Waals surface area (Å²) in [6, 6.07) is 8.09. The third kappa shape index (κ3) is 2.86. The van der Waals surface area contributed by atoms with Crippen molar-refractivity contribution >= 4 is 11.0 Å². The van der Waals surface area contributed by atoms with Gasteiger partial charge in [0.05, 0.1) is 0 Å². The molecule has 5 heteroatoms. The molecule has 136 valence electrons. The summed E-state index contributed by atoms with van der Waals surface area (Å²) < 4.78 is 4.03. The second-order valence-electron chi connectivity index (χ2n) is 7.51. The minimum Gasteiger partial charge on any atom is -0.332 e. The zero-order valence-corrected chi connectivity index (χ0v) is 15.7. The van der Waals surface area contributed by atoms with E-state index in [1.54, 1.807) is 10.6 Å². The highest BCUT2D eigenvalue weighted by atomic mass is 16.1. The van der Waals surface area contributed by atoms with Gasteiger partial charge in [0.2, 0.25) is 0 Å². The van der Waals surface area contributed by atoms with Gasteiger partial charge >= 0.3 is 0 Å². The predicted molar refractivity (Wildman–Crippen MR) is 106 cm³/mol. The Labute approximate surface area is 153 Å². The summed E-state index contributed by atoms with van der Waals surface area (Å²) in [5.74, 6) is 0.577. The summed E-state index contributed by atoms with van der Waals surface area (Å²) >= 11 is 0. The summed E-state index contributed by atoms with van der Waals surface area (Å²) in [5, 5.41) is 4.60. The number of nitrogens with one attached hydrogen (secondary N) is 1. The lowest BCUT2D eigenvalue weighted by Gasteiger charge is -2.23. The van der Waals surface area contributed by atoms with Crippen molar-refractivity contribution in [3.8, 4) is 11.1 Å². The molecule has 1 fully saturated rings. The Kier molecular flexibility index (Phi) is 4.41. The monoisotopic (exact) mass is 350 g/mol. The van der Waals surface area contributed by atoms with Crippen LogP contribution in [0.5, 0.6) is 0 Å².